The molecule has 26 heavy (non-hydrogen) atoms. The van der Waals surface area contributed by atoms with Gasteiger partial charge in [0.05, 0.1) is 5.56 Å². The van der Waals surface area contributed by atoms with Crippen molar-refractivity contribution in [1.29, 1.82) is 0 Å². The molecule has 2 N–H and O–H groups in total. The average molecular weight is 351 g/mol. The Morgan fingerprint density at radius 3 is 2.42 bits per heavy atom. The van der Waals surface area contributed by atoms with Crippen LogP contribution >= 0.6 is 0 Å². The maximum absolute atomic E-state index is 12.9. The van der Waals surface area contributed by atoms with Gasteiger partial charge in [0.2, 0.25) is 5.91 Å². The fourth-order valence-electron chi connectivity index (χ4n) is 3.28. The molecule has 3 rings (SSSR count). The SMILES string of the molecule is CC(=O)Nc1ccc(N2CCCCC2)c(C(=O)NCc2ccccc2)c1. The molecule has 1 aliphatic rings. The van der Waals surface area contributed by atoms with E-state index >= 15 is 0 Å². The Kier molecular flexibility index (Phi) is 5.89. The number of carbonyl (C=O) groups excluding carboxylic acids is 2. The normalized spacial score (nSPS) is 14.0. The van der Waals surface area contributed by atoms with E-state index in [2.05, 4.69) is 15.5 Å². The van der Waals surface area contributed by atoms with Crippen molar-refractivity contribution in [3.05, 3.63) is 59.7 Å². The summed E-state index contributed by atoms with van der Waals surface area (Å²) in [6.07, 6.45) is 3.51. The molecular weight excluding hydrogens is 326 g/mol. The Balaban J connectivity index is 1.82. The number of carbonyl (C=O) groups is 2. The predicted octanol–water partition coefficient (Wildman–Crippen LogP) is 3.57. The summed E-state index contributed by atoms with van der Waals surface area (Å²) in [6.45, 7) is 3.86. The van der Waals surface area contributed by atoms with E-state index in [0.29, 0.717) is 17.8 Å². The molecule has 5 heteroatoms. The summed E-state index contributed by atoms with van der Waals surface area (Å²) in [4.78, 5) is 26.5. The molecule has 0 bridgehead atoms. The Hall–Kier alpha value is -2.82. The zero-order chi connectivity index (χ0) is 18.4. The van der Waals surface area contributed by atoms with Crippen molar-refractivity contribution in [3.63, 3.8) is 0 Å². The first-order valence-electron chi connectivity index (χ1n) is 9.12. The smallest absolute Gasteiger partial charge is 0.253 e. The highest BCUT2D eigenvalue weighted by Crippen LogP contribution is 2.27. The van der Waals surface area contributed by atoms with Gasteiger partial charge in [-0.15, -0.1) is 0 Å². The van der Waals surface area contributed by atoms with Crippen LogP contribution in [-0.4, -0.2) is 24.9 Å². The van der Waals surface area contributed by atoms with Crippen LogP contribution < -0.4 is 15.5 Å². The van der Waals surface area contributed by atoms with Gasteiger partial charge >= 0.3 is 0 Å². The van der Waals surface area contributed by atoms with E-state index in [1.807, 2.05) is 42.5 Å². The summed E-state index contributed by atoms with van der Waals surface area (Å²) in [5.41, 5.74) is 3.24. The van der Waals surface area contributed by atoms with E-state index < -0.39 is 0 Å². The first kappa shape index (κ1) is 18.0. The summed E-state index contributed by atoms with van der Waals surface area (Å²) >= 11 is 0. The lowest BCUT2D eigenvalue weighted by Crippen LogP contribution is -2.32. The van der Waals surface area contributed by atoms with Crippen molar-refractivity contribution in [2.24, 2.45) is 0 Å². The molecule has 2 amide bonds. The first-order valence-corrected chi connectivity index (χ1v) is 9.12. The van der Waals surface area contributed by atoms with Gasteiger partial charge in [0.15, 0.2) is 0 Å². The second-order valence-electron chi connectivity index (χ2n) is 6.63. The minimum atomic E-state index is -0.147. The van der Waals surface area contributed by atoms with Gasteiger partial charge in [-0.3, -0.25) is 9.59 Å². The van der Waals surface area contributed by atoms with Crippen molar-refractivity contribution < 1.29 is 9.59 Å². The van der Waals surface area contributed by atoms with Crippen molar-refractivity contribution in [2.45, 2.75) is 32.7 Å². The fourth-order valence-corrected chi connectivity index (χ4v) is 3.28. The molecule has 1 aliphatic heterocycles. The van der Waals surface area contributed by atoms with E-state index in [0.717, 1.165) is 37.2 Å². The van der Waals surface area contributed by atoms with Gasteiger partial charge in [-0.05, 0) is 43.0 Å². The van der Waals surface area contributed by atoms with Gasteiger partial charge in [-0.2, -0.15) is 0 Å². The van der Waals surface area contributed by atoms with Crippen LogP contribution in [0, 0.1) is 0 Å². The second kappa shape index (κ2) is 8.52. The third-order valence-electron chi connectivity index (χ3n) is 4.55. The molecule has 1 fully saturated rings. The summed E-state index contributed by atoms with van der Waals surface area (Å²) < 4.78 is 0. The minimum Gasteiger partial charge on any atom is -0.371 e. The third-order valence-corrected chi connectivity index (χ3v) is 4.55. The molecule has 5 nitrogen and oxygen atoms in total. The maximum atomic E-state index is 12.9. The number of hydrogen-bond acceptors (Lipinski definition) is 3. The largest absolute Gasteiger partial charge is 0.371 e. The van der Waals surface area contributed by atoms with Gasteiger partial charge in [0.1, 0.15) is 0 Å². The second-order valence-corrected chi connectivity index (χ2v) is 6.63. The molecule has 0 atom stereocenters. The lowest BCUT2D eigenvalue weighted by atomic mass is 10.1. The van der Waals surface area contributed by atoms with Gasteiger partial charge in [0, 0.05) is 37.9 Å². The number of hydrogen-bond donors (Lipinski definition) is 2. The van der Waals surface area contributed by atoms with Crippen molar-refractivity contribution >= 4 is 23.2 Å². The molecule has 136 valence electrons. The van der Waals surface area contributed by atoms with Gasteiger partial charge in [0.25, 0.3) is 5.91 Å². The molecule has 0 aromatic heterocycles. The molecule has 0 saturated carbocycles. The Bertz CT molecular complexity index is 768. The van der Waals surface area contributed by atoms with Gasteiger partial charge < -0.3 is 15.5 Å². The summed E-state index contributed by atoms with van der Waals surface area (Å²) in [6, 6.07) is 15.4. The summed E-state index contributed by atoms with van der Waals surface area (Å²) in [5.74, 6) is -0.270. The van der Waals surface area contributed by atoms with Crippen LogP contribution in [0.15, 0.2) is 48.5 Å². The number of nitrogens with zero attached hydrogens (tertiary/aromatic N) is 1. The molecule has 0 unspecified atom stereocenters. The first-order chi connectivity index (χ1) is 12.6. The van der Waals surface area contributed by atoms with Crippen molar-refractivity contribution in [3.8, 4) is 0 Å². The number of nitrogens with one attached hydrogen (secondary N) is 2. The Morgan fingerprint density at radius 1 is 1.00 bits per heavy atom. The minimum absolute atomic E-state index is 0.123. The zero-order valence-electron chi connectivity index (χ0n) is 15.1. The molecule has 1 saturated heterocycles. The van der Waals surface area contributed by atoms with Crippen LogP contribution in [0.2, 0.25) is 0 Å². The predicted molar refractivity (Wildman–Crippen MR) is 104 cm³/mol. The Labute approximate surface area is 154 Å². The maximum Gasteiger partial charge on any atom is 0.253 e. The highest BCUT2D eigenvalue weighted by Gasteiger charge is 2.19. The van der Waals surface area contributed by atoms with E-state index in [-0.39, 0.29) is 11.8 Å². The van der Waals surface area contributed by atoms with Crippen LogP contribution in [0.25, 0.3) is 0 Å². The third kappa shape index (κ3) is 4.63. The number of piperidine rings is 1. The summed E-state index contributed by atoms with van der Waals surface area (Å²) in [5, 5.41) is 5.76. The number of benzene rings is 2. The van der Waals surface area contributed by atoms with Crippen LogP contribution in [0.5, 0.6) is 0 Å². The quantitative estimate of drug-likeness (QED) is 0.866. The highest BCUT2D eigenvalue weighted by atomic mass is 16.2. The monoisotopic (exact) mass is 351 g/mol. The lowest BCUT2D eigenvalue weighted by Gasteiger charge is -2.30. The van der Waals surface area contributed by atoms with E-state index in [1.54, 1.807) is 6.07 Å². The molecule has 0 radical (unpaired) electrons. The average Bonchev–Trinajstić information content (AvgIpc) is 2.67. The zero-order valence-corrected chi connectivity index (χ0v) is 15.1. The summed E-state index contributed by atoms with van der Waals surface area (Å²) in [7, 11) is 0. The highest BCUT2D eigenvalue weighted by molar-refractivity contribution is 6.02. The number of anilines is 2. The van der Waals surface area contributed by atoms with Crippen molar-refractivity contribution in [2.75, 3.05) is 23.3 Å². The molecule has 0 aliphatic carbocycles. The molecular formula is C21H25N3O2. The Morgan fingerprint density at radius 2 is 1.73 bits per heavy atom. The molecule has 0 spiro atoms. The van der Waals surface area contributed by atoms with Crippen LogP contribution in [0.3, 0.4) is 0 Å². The van der Waals surface area contributed by atoms with Crippen LogP contribution in [-0.2, 0) is 11.3 Å². The van der Waals surface area contributed by atoms with E-state index in [1.165, 1.54) is 13.3 Å². The molecule has 2 aromatic rings. The standard InChI is InChI=1S/C21H25N3O2/c1-16(25)23-18-10-11-20(24-12-6-3-7-13-24)19(14-18)21(26)22-15-17-8-4-2-5-9-17/h2,4-5,8-11,14H,3,6-7,12-13,15H2,1H3,(H,22,26)(H,23,25). The van der Waals surface area contributed by atoms with E-state index in [9.17, 15) is 9.59 Å². The number of rotatable bonds is 5. The van der Waals surface area contributed by atoms with E-state index in [4.69, 9.17) is 0 Å². The number of amides is 2. The molecule has 1 heterocycles. The molecule has 2 aromatic carbocycles. The van der Waals surface area contributed by atoms with Gasteiger partial charge in [-0.1, -0.05) is 30.3 Å². The fraction of sp³-hybridized carbons (Fsp3) is 0.333. The van der Waals surface area contributed by atoms with Crippen molar-refractivity contribution in [1.82, 2.24) is 5.32 Å². The van der Waals surface area contributed by atoms with Crippen LogP contribution in [0.1, 0.15) is 42.1 Å². The van der Waals surface area contributed by atoms with Gasteiger partial charge in [-0.25, -0.2) is 0 Å². The topological polar surface area (TPSA) is 61.4 Å². The lowest BCUT2D eigenvalue weighted by molar-refractivity contribution is -0.114. The van der Waals surface area contributed by atoms with Crippen LogP contribution in [0.4, 0.5) is 11.4 Å².